The molecule has 4 rings (SSSR count). The molecule has 1 saturated heterocycles. The molecule has 5 nitrogen and oxygen atoms in total. The Morgan fingerprint density at radius 1 is 1.07 bits per heavy atom. The topological polar surface area (TPSA) is 55.3 Å². The summed E-state index contributed by atoms with van der Waals surface area (Å²) in [5.41, 5.74) is 0.265. The lowest BCUT2D eigenvalue weighted by molar-refractivity contribution is -0.152. The maximum atomic E-state index is 13.6. The number of rotatable bonds is 4. The molecule has 2 aliphatic rings. The van der Waals surface area contributed by atoms with Gasteiger partial charge in [-0.3, -0.25) is 14.8 Å². The quantitative estimate of drug-likeness (QED) is 0.823. The van der Waals surface area contributed by atoms with Crippen molar-refractivity contribution in [3.05, 3.63) is 54.6 Å². The Kier molecular flexibility index (Phi) is 5.37. The number of hydrogen-bond donors (Lipinski definition) is 0. The number of para-hydroxylation sites is 1. The number of nitrogens with zero attached hydrogens (tertiary/aromatic N) is 3. The van der Waals surface area contributed by atoms with Gasteiger partial charge in [0.15, 0.2) is 5.60 Å². The van der Waals surface area contributed by atoms with Gasteiger partial charge in [-0.25, -0.2) is 0 Å². The molecule has 1 aliphatic carbocycles. The molecule has 1 aromatic carbocycles. The number of carbonyl (C=O) groups is 1. The highest BCUT2D eigenvalue weighted by molar-refractivity contribution is 5.86. The average Bonchev–Trinajstić information content (AvgIpc) is 2.75. The van der Waals surface area contributed by atoms with Crippen molar-refractivity contribution in [2.75, 3.05) is 13.1 Å². The molecule has 5 heteroatoms. The summed E-state index contributed by atoms with van der Waals surface area (Å²) >= 11 is 0. The first-order valence-corrected chi connectivity index (χ1v) is 10.1. The molecule has 0 N–H and O–H groups in total. The first kappa shape index (κ1) is 18.0. The first-order chi connectivity index (χ1) is 13.3. The van der Waals surface area contributed by atoms with Crippen LogP contribution in [0.3, 0.4) is 0 Å². The van der Waals surface area contributed by atoms with Crippen molar-refractivity contribution in [1.29, 1.82) is 0 Å². The van der Waals surface area contributed by atoms with Crippen molar-refractivity contribution >= 4 is 5.91 Å². The minimum absolute atomic E-state index is 0.152. The molecule has 1 aliphatic heterocycles. The summed E-state index contributed by atoms with van der Waals surface area (Å²) in [6.45, 7) is 1.51. The van der Waals surface area contributed by atoms with Gasteiger partial charge in [0.05, 0.1) is 5.69 Å². The number of likely N-dealkylation sites (tertiary alicyclic amines) is 1. The molecule has 1 atom stereocenters. The Bertz CT molecular complexity index is 745. The van der Waals surface area contributed by atoms with Gasteiger partial charge in [-0.2, -0.15) is 0 Å². The molecule has 1 amide bonds. The van der Waals surface area contributed by atoms with E-state index in [4.69, 9.17) is 4.74 Å². The molecule has 0 spiro atoms. The largest absolute Gasteiger partial charge is 0.477 e. The average molecular weight is 365 g/mol. The second-order valence-corrected chi connectivity index (χ2v) is 7.69. The molecule has 1 saturated carbocycles. The van der Waals surface area contributed by atoms with E-state index in [1.165, 1.54) is 6.42 Å². The van der Waals surface area contributed by atoms with Crippen LogP contribution >= 0.6 is 0 Å². The van der Waals surface area contributed by atoms with Gasteiger partial charge in [-0.15, -0.1) is 0 Å². The van der Waals surface area contributed by atoms with E-state index in [1.807, 2.05) is 41.4 Å². The lowest BCUT2D eigenvalue weighted by Crippen LogP contribution is -2.55. The van der Waals surface area contributed by atoms with Crippen LogP contribution in [-0.2, 0) is 4.79 Å². The van der Waals surface area contributed by atoms with Crippen molar-refractivity contribution in [3.8, 4) is 5.75 Å². The monoisotopic (exact) mass is 365 g/mol. The summed E-state index contributed by atoms with van der Waals surface area (Å²) in [6, 6.07) is 9.78. The highest BCUT2D eigenvalue weighted by Crippen LogP contribution is 2.36. The fraction of sp³-hybridized carbons (Fsp3) is 0.500. The van der Waals surface area contributed by atoms with E-state index in [-0.39, 0.29) is 11.8 Å². The molecule has 142 valence electrons. The van der Waals surface area contributed by atoms with Crippen LogP contribution < -0.4 is 4.74 Å². The van der Waals surface area contributed by atoms with Gasteiger partial charge in [0.25, 0.3) is 5.91 Å². The molecule has 1 aromatic heterocycles. The van der Waals surface area contributed by atoms with Gasteiger partial charge in [0, 0.05) is 37.6 Å². The van der Waals surface area contributed by atoms with E-state index in [1.54, 1.807) is 12.4 Å². The minimum Gasteiger partial charge on any atom is -0.477 e. The Labute approximate surface area is 160 Å². The molecule has 0 radical (unpaired) electrons. The number of hydrogen-bond acceptors (Lipinski definition) is 4. The number of aromatic nitrogens is 2. The van der Waals surface area contributed by atoms with Crippen molar-refractivity contribution in [2.24, 2.45) is 0 Å². The lowest BCUT2D eigenvalue weighted by atomic mass is 9.82. The van der Waals surface area contributed by atoms with Crippen LogP contribution in [0, 0.1) is 0 Å². The smallest absolute Gasteiger partial charge is 0.266 e. The number of carbonyl (C=O) groups excluding carboxylic acids is 1. The Morgan fingerprint density at radius 3 is 2.63 bits per heavy atom. The third kappa shape index (κ3) is 3.97. The number of ether oxygens (including phenoxy) is 1. The predicted molar refractivity (Wildman–Crippen MR) is 103 cm³/mol. The number of benzene rings is 1. The fourth-order valence-corrected chi connectivity index (χ4v) is 4.41. The van der Waals surface area contributed by atoms with Crippen molar-refractivity contribution in [2.45, 2.75) is 56.5 Å². The highest BCUT2D eigenvalue weighted by atomic mass is 16.5. The normalized spacial score (nSPS) is 22.2. The van der Waals surface area contributed by atoms with Crippen LogP contribution in [0.2, 0.25) is 0 Å². The second kappa shape index (κ2) is 8.07. The van der Waals surface area contributed by atoms with Crippen LogP contribution in [0.15, 0.2) is 48.9 Å². The molecular formula is C22H27N3O2. The molecule has 2 aromatic rings. The summed E-state index contributed by atoms with van der Waals surface area (Å²) in [5, 5.41) is 0. The molecule has 2 heterocycles. The standard InChI is InChI=1S/C22H27N3O2/c26-21(25-15-7-8-18(17-25)20-16-23-13-14-24-20)22(11-5-2-6-12-22)27-19-9-3-1-4-10-19/h1,3-4,9-10,13-14,16,18H,2,5-8,11-12,15,17H2. The molecule has 0 bridgehead atoms. The molecule has 2 fully saturated rings. The van der Waals surface area contributed by atoms with Gasteiger partial charge in [0.1, 0.15) is 5.75 Å². The molecular weight excluding hydrogens is 338 g/mol. The maximum Gasteiger partial charge on any atom is 0.266 e. The van der Waals surface area contributed by atoms with Gasteiger partial charge in [0.2, 0.25) is 0 Å². The van der Waals surface area contributed by atoms with Gasteiger partial charge in [-0.05, 0) is 50.7 Å². The van der Waals surface area contributed by atoms with Crippen molar-refractivity contribution in [1.82, 2.24) is 14.9 Å². The fourth-order valence-electron chi connectivity index (χ4n) is 4.41. The molecule has 1 unspecified atom stereocenters. The summed E-state index contributed by atoms with van der Waals surface area (Å²) < 4.78 is 6.38. The zero-order valence-corrected chi connectivity index (χ0v) is 15.7. The summed E-state index contributed by atoms with van der Waals surface area (Å²) in [7, 11) is 0. The zero-order chi connectivity index (χ0) is 18.5. The maximum absolute atomic E-state index is 13.6. The SMILES string of the molecule is O=C(N1CCCC(c2cnccn2)C1)C1(Oc2ccccc2)CCCCC1. The Morgan fingerprint density at radius 2 is 1.89 bits per heavy atom. The van der Waals surface area contributed by atoms with E-state index in [0.29, 0.717) is 6.54 Å². The number of piperidine rings is 1. The summed E-state index contributed by atoms with van der Waals surface area (Å²) in [5.74, 6) is 1.20. The zero-order valence-electron chi connectivity index (χ0n) is 15.7. The van der Waals surface area contributed by atoms with Gasteiger partial charge < -0.3 is 9.64 Å². The van der Waals surface area contributed by atoms with E-state index < -0.39 is 5.60 Å². The van der Waals surface area contributed by atoms with E-state index in [0.717, 1.165) is 56.5 Å². The Balaban J connectivity index is 1.54. The van der Waals surface area contributed by atoms with E-state index in [2.05, 4.69) is 9.97 Å². The summed E-state index contributed by atoms with van der Waals surface area (Å²) in [4.78, 5) is 24.3. The number of amides is 1. The van der Waals surface area contributed by atoms with Crippen molar-refractivity contribution in [3.63, 3.8) is 0 Å². The van der Waals surface area contributed by atoms with E-state index in [9.17, 15) is 4.79 Å². The third-order valence-corrected chi connectivity index (χ3v) is 5.82. The van der Waals surface area contributed by atoms with Crippen LogP contribution in [-0.4, -0.2) is 39.5 Å². The first-order valence-electron chi connectivity index (χ1n) is 10.1. The Hall–Kier alpha value is -2.43. The van der Waals surface area contributed by atoms with E-state index >= 15 is 0 Å². The van der Waals surface area contributed by atoms with Crippen molar-refractivity contribution < 1.29 is 9.53 Å². The van der Waals surface area contributed by atoms with Crippen LogP contribution in [0.1, 0.15) is 56.6 Å². The predicted octanol–water partition coefficient (Wildman–Crippen LogP) is 3.96. The lowest BCUT2D eigenvalue weighted by Gasteiger charge is -2.42. The van der Waals surface area contributed by atoms with Crippen LogP contribution in [0.25, 0.3) is 0 Å². The highest BCUT2D eigenvalue weighted by Gasteiger charge is 2.45. The minimum atomic E-state index is -0.718. The van der Waals surface area contributed by atoms with Gasteiger partial charge in [-0.1, -0.05) is 24.6 Å². The third-order valence-electron chi connectivity index (χ3n) is 5.82. The van der Waals surface area contributed by atoms with Crippen LogP contribution in [0.4, 0.5) is 0 Å². The van der Waals surface area contributed by atoms with Gasteiger partial charge >= 0.3 is 0 Å². The van der Waals surface area contributed by atoms with Crippen LogP contribution in [0.5, 0.6) is 5.75 Å². The summed E-state index contributed by atoms with van der Waals surface area (Å²) in [6.07, 6.45) is 12.2. The molecule has 27 heavy (non-hydrogen) atoms. The second-order valence-electron chi connectivity index (χ2n) is 7.69.